The van der Waals surface area contributed by atoms with Gasteiger partial charge in [-0.1, -0.05) is 0 Å². The van der Waals surface area contributed by atoms with Crippen LogP contribution in [-0.2, 0) is 6.54 Å². The predicted molar refractivity (Wildman–Crippen MR) is 67.9 cm³/mol. The summed E-state index contributed by atoms with van der Waals surface area (Å²) in [5.74, 6) is 6.41. The van der Waals surface area contributed by atoms with E-state index in [0.29, 0.717) is 29.7 Å². The molecule has 104 valence electrons. The molecule has 1 amide bonds. The summed E-state index contributed by atoms with van der Waals surface area (Å²) >= 11 is 0. The van der Waals surface area contributed by atoms with Crippen LogP contribution in [-0.4, -0.2) is 35.1 Å². The number of carbonyl (C=O) groups excluding carboxylic acids is 1. The average Bonchev–Trinajstić information content (AvgIpc) is 3.08. The lowest BCUT2D eigenvalue weighted by molar-refractivity contribution is 0.0949. The first-order valence-electron chi connectivity index (χ1n) is 6.66. The van der Waals surface area contributed by atoms with Gasteiger partial charge in [0.05, 0.1) is 24.5 Å². The van der Waals surface area contributed by atoms with Gasteiger partial charge in [-0.3, -0.25) is 15.1 Å². The number of nitrogens with zero attached hydrogens (tertiary/aromatic N) is 1. The maximum Gasteiger partial charge on any atom is 0.268 e. The maximum absolute atomic E-state index is 11.6. The zero-order valence-electron chi connectivity index (χ0n) is 10.7. The molecule has 1 saturated carbocycles. The highest BCUT2D eigenvalue weighted by Crippen LogP contribution is 2.38. The van der Waals surface area contributed by atoms with Gasteiger partial charge in [-0.2, -0.15) is 0 Å². The molecule has 3 atom stereocenters. The normalized spacial score (nSPS) is 30.5. The molecule has 2 aliphatic rings. The summed E-state index contributed by atoms with van der Waals surface area (Å²) in [4.78, 5) is 13.8. The Hall–Kier alpha value is -1.37. The quantitative estimate of drug-likeness (QED) is 0.409. The molecule has 1 aromatic heterocycles. The highest BCUT2D eigenvalue weighted by molar-refractivity contribution is 5.94. The first-order chi connectivity index (χ1) is 9.19. The van der Waals surface area contributed by atoms with Gasteiger partial charge in [0.15, 0.2) is 0 Å². The van der Waals surface area contributed by atoms with Crippen LogP contribution in [0.3, 0.4) is 0 Å². The van der Waals surface area contributed by atoms with E-state index >= 15 is 0 Å². The van der Waals surface area contributed by atoms with E-state index in [2.05, 4.69) is 10.3 Å². The third-order valence-corrected chi connectivity index (χ3v) is 4.38. The number of rotatable bonds is 3. The first-order valence-corrected chi connectivity index (χ1v) is 6.66. The van der Waals surface area contributed by atoms with Gasteiger partial charge in [0.1, 0.15) is 5.76 Å². The zero-order chi connectivity index (χ0) is 13.4. The molecular formula is C13H19N3O3. The van der Waals surface area contributed by atoms with Crippen molar-refractivity contribution in [2.45, 2.75) is 25.5 Å². The highest BCUT2D eigenvalue weighted by Gasteiger charge is 2.42. The van der Waals surface area contributed by atoms with Crippen LogP contribution in [0.25, 0.3) is 0 Å². The van der Waals surface area contributed by atoms with Crippen LogP contribution in [0.2, 0.25) is 0 Å². The highest BCUT2D eigenvalue weighted by atomic mass is 16.3. The SMILES string of the molecule is NNC(=O)c1ccoc1CN1CC2CCC(O)C2C1. The molecule has 19 heavy (non-hydrogen) atoms. The minimum Gasteiger partial charge on any atom is -0.467 e. The number of nitrogen functional groups attached to an aromatic ring is 1. The van der Waals surface area contributed by atoms with E-state index in [1.807, 2.05) is 0 Å². The van der Waals surface area contributed by atoms with E-state index in [0.717, 1.165) is 25.9 Å². The Morgan fingerprint density at radius 1 is 1.53 bits per heavy atom. The fourth-order valence-corrected chi connectivity index (χ4v) is 3.40. The molecular weight excluding hydrogens is 246 g/mol. The van der Waals surface area contributed by atoms with Gasteiger partial charge in [0.25, 0.3) is 5.91 Å². The standard InChI is InChI=1S/C13H19N3O3/c14-15-13(18)9-3-4-19-12(9)7-16-5-8-1-2-11(17)10(8)6-16/h3-4,8,10-11,17H,1-2,5-7,14H2,(H,15,18). The van der Waals surface area contributed by atoms with E-state index in [-0.39, 0.29) is 12.0 Å². The van der Waals surface area contributed by atoms with Crippen molar-refractivity contribution in [1.29, 1.82) is 0 Å². The fraction of sp³-hybridized carbons (Fsp3) is 0.615. The third kappa shape index (κ3) is 2.27. The van der Waals surface area contributed by atoms with Crippen molar-refractivity contribution in [3.63, 3.8) is 0 Å². The summed E-state index contributed by atoms with van der Waals surface area (Å²) in [7, 11) is 0. The van der Waals surface area contributed by atoms with Crippen LogP contribution in [0.1, 0.15) is 29.0 Å². The molecule has 4 N–H and O–H groups in total. The van der Waals surface area contributed by atoms with Crippen LogP contribution in [0.5, 0.6) is 0 Å². The lowest BCUT2D eigenvalue weighted by Gasteiger charge is -2.17. The van der Waals surface area contributed by atoms with Gasteiger partial charge in [0, 0.05) is 19.0 Å². The number of hydrazine groups is 1. The van der Waals surface area contributed by atoms with E-state index in [4.69, 9.17) is 10.3 Å². The molecule has 0 spiro atoms. The summed E-state index contributed by atoms with van der Waals surface area (Å²) in [5, 5.41) is 9.89. The molecule has 1 aliphatic carbocycles. The summed E-state index contributed by atoms with van der Waals surface area (Å²) < 4.78 is 5.38. The third-order valence-electron chi connectivity index (χ3n) is 4.38. The zero-order valence-corrected chi connectivity index (χ0v) is 10.7. The number of fused-ring (bicyclic) bond motifs is 1. The van der Waals surface area contributed by atoms with Crippen molar-refractivity contribution >= 4 is 5.91 Å². The number of nitrogens with two attached hydrogens (primary N) is 1. The van der Waals surface area contributed by atoms with Crippen LogP contribution >= 0.6 is 0 Å². The number of nitrogens with one attached hydrogen (secondary N) is 1. The monoisotopic (exact) mass is 265 g/mol. The van der Waals surface area contributed by atoms with E-state index in [1.54, 1.807) is 6.07 Å². The molecule has 1 saturated heterocycles. The second-order valence-corrected chi connectivity index (χ2v) is 5.49. The largest absolute Gasteiger partial charge is 0.467 e. The van der Waals surface area contributed by atoms with Gasteiger partial charge < -0.3 is 9.52 Å². The van der Waals surface area contributed by atoms with Gasteiger partial charge in [-0.25, -0.2) is 5.84 Å². The van der Waals surface area contributed by atoms with Crippen molar-refractivity contribution in [2.24, 2.45) is 17.7 Å². The lowest BCUT2D eigenvalue weighted by atomic mass is 10.00. The molecule has 2 heterocycles. The lowest BCUT2D eigenvalue weighted by Crippen LogP contribution is -2.31. The molecule has 0 bridgehead atoms. The smallest absolute Gasteiger partial charge is 0.268 e. The Bertz CT molecular complexity index is 473. The number of aliphatic hydroxyl groups excluding tert-OH is 1. The van der Waals surface area contributed by atoms with Gasteiger partial charge in [0.2, 0.25) is 0 Å². The number of carbonyl (C=O) groups is 1. The van der Waals surface area contributed by atoms with E-state index in [1.165, 1.54) is 6.26 Å². The number of hydrogen-bond donors (Lipinski definition) is 3. The second-order valence-electron chi connectivity index (χ2n) is 5.49. The second kappa shape index (κ2) is 4.96. The Morgan fingerprint density at radius 2 is 2.37 bits per heavy atom. The summed E-state index contributed by atoms with van der Waals surface area (Å²) in [6.45, 7) is 2.43. The topological polar surface area (TPSA) is 91.7 Å². The van der Waals surface area contributed by atoms with Gasteiger partial charge >= 0.3 is 0 Å². The molecule has 1 aromatic rings. The fourth-order valence-electron chi connectivity index (χ4n) is 3.40. The Morgan fingerprint density at radius 3 is 3.11 bits per heavy atom. The molecule has 2 fully saturated rings. The average molecular weight is 265 g/mol. The molecule has 3 rings (SSSR count). The van der Waals surface area contributed by atoms with E-state index in [9.17, 15) is 9.90 Å². The van der Waals surface area contributed by atoms with Gasteiger partial charge in [-0.05, 0) is 24.8 Å². The number of amides is 1. The van der Waals surface area contributed by atoms with Crippen LogP contribution in [0, 0.1) is 11.8 Å². The number of hydrogen-bond acceptors (Lipinski definition) is 5. The number of aliphatic hydroxyl groups is 1. The minimum atomic E-state index is -0.330. The molecule has 0 radical (unpaired) electrons. The molecule has 1 aliphatic heterocycles. The summed E-state index contributed by atoms with van der Waals surface area (Å²) in [5.41, 5.74) is 2.61. The Balaban J connectivity index is 1.67. The van der Waals surface area contributed by atoms with Crippen LogP contribution in [0.4, 0.5) is 0 Å². The van der Waals surface area contributed by atoms with Gasteiger partial charge in [-0.15, -0.1) is 0 Å². The van der Waals surface area contributed by atoms with Crippen molar-refractivity contribution < 1.29 is 14.3 Å². The predicted octanol–water partition coefficient (Wildman–Crippen LogP) is 0.0858. The van der Waals surface area contributed by atoms with Crippen molar-refractivity contribution in [3.05, 3.63) is 23.7 Å². The Kier molecular flexibility index (Phi) is 3.30. The van der Waals surface area contributed by atoms with Crippen LogP contribution in [0.15, 0.2) is 16.7 Å². The number of likely N-dealkylation sites (tertiary alicyclic amines) is 1. The number of furan rings is 1. The molecule has 6 heteroatoms. The van der Waals surface area contributed by atoms with Crippen molar-refractivity contribution in [3.8, 4) is 0 Å². The summed E-state index contributed by atoms with van der Waals surface area (Å²) in [6, 6.07) is 1.63. The van der Waals surface area contributed by atoms with Crippen molar-refractivity contribution in [2.75, 3.05) is 13.1 Å². The molecule has 0 aromatic carbocycles. The Labute approximate surface area is 111 Å². The molecule has 6 nitrogen and oxygen atoms in total. The molecule has 3 unspecified atom stereocenters. The minimum absolute atomic E-state index is 0.168. The first kappa shape index (κ1) is 12.7. The van der Waals surface area contributed by atoms with E-state index < -0.39 is 0 Å². The van der Waals surface area contributed by atoms with Crippen molar-refractivity contribution in [1.82, 2.24) is 10.3 Å². The summed E-state index contributed by atoms with van der Waals surface area (Å²) in [6.07, 6.45) is 3.35. The maximum atomic E-state index is 11.6. The van der Waals surface area contributed by atoms with Crippen LogP contribution < -0.4 is 11.3 Å².